The van der Waals surface area contributed by atoms with E-state index in [0.717, 1.165) is 13.2 Å². The monoisotopic (exact) mass is 275 g/mol. The second-order valence-electron chi connectivity index (χ2n) is 5.32. The summed E-state index contributed by atoms with van der Waals surface area (Å²) in [5, 5.41) is 7.31. The van der Waals surface area contributed by atoms with Crippen LogP contribution in [0, 0.1) is 5.92 Å². The number of hydrogen-bond donors (Lipinski definition) is 1. The first kappa shape index (κ1) is 13.1. The van der Waals surface area contributed by atoms with Gasteiger partial charge in [-0.15, -0.1) is 11.3 Å². The molecule has 3 atom stereocenters. The van der Waals surface area contributed by atoms with Crippen LogP contribution in [-0.2, 0) is 4.74 Å². The van der Waals surface area contributed by atoms with Crippen LogP contribution in [0.25, 0.3) is 10.1 Å². The van der Waals surface area contributed by atoms with E-state index in [9.17, 15) is 0 Å². The lowest BCUT2D eigenvalue weighted by atomic mass is 9.92. The van der Waals surface area contributed by atoms with E-state index in [1.54, 1.807) is 0 Å². The van der Waals surface area contributed by atoms with Crippen LogP contribution in [0.1, 0.15) is 31.9 Å². The molecule has 0 saturated carbocycles. The van der Waals surface area contributed by atoms with E-state index in [2.05, 4.69) is 48.8 Å². The fourth-order valence-electron chi connectivity index (χ4n) is 3.01. The summed E-state index contributed by atoms with van der Waals surface area (Å²) in [4.78, 5) is 0. The summed E-state index contributed by atoms with van der Waals surface area (Å²) in [6.45, 7) is 6.34. The molecule has 2 aromatic rings. The molecule has 3 unspecified atom stereocenters. The van der Waals surface area contributed by atoms with Crippen molar-refractivity contribution in [3.63, 3.8) is 0 Å². The quantitative estimate of drug-likeness (QED) is 0.911. The van der Waals surface area contributed by atoms with Gasteiger partial charge in [-0.3, -0.25) is 0 Å². The van der Waals surface area contributed by atoms with E-state index in [-0.39, 0.29) is 0 Å². The Labute approximate surface area is 118 Å². The molecule has 1 fully saturated rings. The van der Waals surface area contributed by atoms with Crippen molar-refractivity contribution in [1.82, 2.24) is 5.32 Å². The number of benzene rings is 1. The molecule has 1 aliphatic heterocycles. The summed E-state index contributed by atoms with van der Waals surface area (Å²) in [5.41, 5.74) is 1.40. The van der Waals surface area contributed by atoms with Crippen molar-refractivity contribution in [1.29, 1.82) is 0 Å². The smallest absolute Gasteiger partial charge is 0.0796 e. The van der Waals surface area contributed by atoms with Gasteiger partial charge in [0.1, 0.15) is 0 Å². The Kier molecular flexibility index (Phi) is 3.87. The van der Waals surface area contributed by atoms with Gasteiger partial charge in [-0.2, -0.15) is 0 Å². The van der Waals surface area contributed by atoms with Gasteiger partial charge in [0, 0.05) is 11.3 Å². The highest BCUT2D eigenvalue weighted by molar-refractivity contribution is 7.17. The van der Waals surface area contributed by atoms with Crippen LogP contribution in [0.4, 0.5) is 0 Å². The van der Waals surface area contributed by atoms with E-state index >= 15 is 0 Å². The van der Waals surface area contributed by atoms with Crippen molar-refractivity contribution in [2.24, 2.45) is 5.92 Å². The average molecular weight is 275 g/mol. The van der Waals surface area contributed by atoms with E-state index in [1.165, 1.54) is 22.1 Å². The topological polar surface area (TPSA) is 21.3 Å². The van der Waals surface area contributed by atoms with E-state index in [0.29, 0.717) is 18.1 Å². The van der Waals surface area contributed by atoms with Crippen LogP contribution >= 0.6 is 11.3 Å². The zero-order valence-electron chi connectivity index (χ0n) is 11.6. The second kappa shape index (κ2) is 5.61. The minimum atomic E-state index is 0.304. The largest absolute Gasteiger partial charge is 0.376 e. The second-order valence-corrected chi connectivity index (χ2v) is 6.24. The fraction of sp³-hybridized carbons (Fsp3) is 0.500. The van der Waals surface area contributed by atoms with Gasteiger partial charge < -0.3 is 10.1 Å². The molecule has 0 aliphatic carbocycles. The highest BCUT2D eigenvalue weighted by Gasteiger charge is 2.33. The summed E-state index contributed by atoms with van der Waals surface area (Å²) >= 11 is 1.83. The first-order valence-corrected chi connectivity index (χ1v) is 8.00. The summed E-state index contributed by atoms with van der Waals surface area (Å²) in [7, 11) is 0. The van der Waals surface area contributed by atoms with Crippen molar-refractivity contribution in [3.8, 4) is 0 Å². The number of ether oxygens (including phenoxy) is 1. The molecule has 2 nitrogen and oxygen atoms in total. The Morgan fingerprint density at radius 2 is 2.26 bits per heavy atom. The Hall–Kier alpha value is -0.900. The summed E-state index contributed by atoms with van der Waals surface area (Å²) in [5.74, 6) is 0.628. The van der Waals surface area contributed by atoms with Crippen LogP contribution in [0.5, 0.6) is 0 Å². The molecule has 0 bridgehead atoms. The van der Waals surface area contributed by atoms with Crippen molar-refractivity contribution < 1.29 is 4.74 Å². The number of fused-ring (bicyclic) bond motifs is 1. The third-order valence-electron chi connectivity index (χ3n) is 4.04. The Bertz CT molecular complexity index is 550. The lowest BCUT2D eigenvalue weighted by Gasteiger charge is -2.27. The maximum Gasteiger partial charge on any atom is 0.0796 e. The third-order valence-corrected chi connectivity index (χ3v) is 5.02. The molecular formula is C16H21NOS. The predicted octanol–water partition coefficient (Wildman–Crippen LogP) is 3.98. The maximum absolute atomic E-state index is 5.99. The molecule has 1 saturated heterocycles. The third kappa shape index (κ3) is 2.42. The molecule has 102 valence electrons. The van der Waals surface area contributed by atoms with Gasteiger partial charge in [0.25, 0.3) is 0 Å². The SMILES string of the molecule is CCNC(c1csc2ccccc12)C1OCCC1C. The normalized spacial score (nSPS) is 24.9. The molecule has 19 heavy (non-hydrogen) atoms. The van der Waals surface area contributed by atoms with Crippen LogP contribution in [0.2, 0.25) is 0 Å². The first-order valence-electron chi connectivity index (χ1n) is 7.12. The molecule has 2 heterocycles. The molecule has 1 aromatic carbocycles. The van der Waals surface area contributed by atoms with Crippen LogP contribution in [-0.4, -0.2) is 19.3 Å². The zero-order valence-corrected chi connectivity index (χ0v) is 12.4. The van der Waals surface area contributed by atoms with E-state index < -0.39 is 0 Å². The fourth-order valence-corrected chi connectivity index (χ4v) is 4.00. The van der Waals surface area contributed by atoms with Crippen molar-refractivity contribution in [2.75, 3.05) is 13.2 Å². The number of thiophene rings is 1. The summed E-state index contributed by atoms with van der Waals surface area (Å²) in [6, 6.07) is 8.98. The molecule has 3 heteroatoms. The van der Waals surface area contributed by atoms with Gasteiger partial charge in [-0.05, 0) is 41.3 Å². The van der Waals surface area contributed by atoms with Crippen LogP contribution in [0.3, 0.4) is 0 Å². The van der Waals surface area contributed by atoms with Gasteiger partial charge in [0.05, 0.1) is 12.1 Å². The molecule has 1 aromatic heterocycles. The minimum absolute atomic E-state index is 0.304. The summed E-state index contributed by atoms with van der Waals surface area (Å²) in [6.07, 6.45) is 1.48. The average Bonchev–Trinajstić information content (AvgIpc) is 3.03. The van der Waals surface area contributed by atoms with Crippen molar-refractivity contribution >= 4 is 21.4 Å². The minimum Gasteiger partial charge on any atom is -0.376 e. The number of rotatable bonds is 4. The Morgan fingerprint density at radius 1 is 1.42 bits per heavy atom. The Morgan fingerprint density at radius 3 is 3.00 bits per heavy atom. The van der Waals surface area contributed by atoms with Gasteiger partial charge in [-0.1, -0.05) is 32.0 Å². The molecule has 0 amide bonds. The standard InChI is InChI=1S/C16H21NOS/c1-3-17-15(16-11(2)8-9-18-16)13-10-19-14-7-5-4-6-12(13)14/h4-7,10-11,15-17H,3,8-9H2,1-2H3. The van der Waals surface area contributed by atoms with E-state index in [1.807, 2.05) is 11.3 Å². The van der Waals surface area contributed by atoms with Gasteiger partial charge >= 0.3 is 0 Å². The molecule has 1 aliphatic rings. The van der Waals surface area contributed by atoms with E-state index in [4.69, 9.17) is 4.74 Å². The molecule has 1 N–H and O–H groups in total. The number of hydrogen-bond acceptors (Lipinski definition) is 3. The number of nitrogens with one attached hydrogen (secondary N) is 1. The molecular weight excluding hydrogens is 254 g/mol. The predicted molar refractivity (Wildman–Crippen MR) is 81.8 cm³/mol. The highest BCUT2D eigenvalue weighted by atomic mass is 32.1. The number of likely N-dealkylation sites (N-methyl/N-ethyl adjacent to an activating group) is 1. The van der Waals surface area contributed by atoms with Crippen LogP contribution in [0.15, 0.2) is 29.6 Å². The molecule has 3 rings (SSSR count). The van der Waals surface area contributed by atoms with Gasteiger partial charge in [0.15, 0.2) is 0 Å². The van der Waals surface area contributed by atoms with Crippen LogP contribution < -0.4 is 5.32 Å². The lowest BCUT2D eigenvalue weighted by molar-refractivity contribution is 0.0617. The zero-order chi connectivity index (χ0) is 13.2. The lowest BCUT2D eigenvalue weighted by Crippen LogP contribution is -2.34. The summed E-state index contributed by atoms with van der Waals surface area (Å²) < 4.78 is 7.36. The molecule has 0 spiro atoms. The van der Waals surface area contributed by atoms with Gasteiger partial charge in [-0.25, -0.2) is 0 Å². The van der Waals surface area contributed by atoms with Gasteiger partial charge in [0.2, 0.25) is 0 Å². The first-order chi connectivity index (χ1) is 9.31. The Balaban J connectivity index is 1.99. The van der Waals surface area contributed by atoms with Crippen molar-refractivity contribution in [2.45, 2.75) is 32.4 Å². The highest BCUT2D eigenvalue weighted by Crippen LogP contribution is 2.37. The molecule has 0 radical (unpaired) electrons. The maximum atomic E-state index is 5.99. The van der Waals surface area contributed by atoms with Crippen molar-refractivity contribution in [3.05, 3.63) is 35.2 Å².